The van der Waals surface area contributed by atoms with Gasteiger partial charge in [0, 0.05) is 18.7 Å². The summed E-state index contributed by atoms with van der Waals surface area (Å²) in [6.45, 7) is 2.78. The third-order valence-electron chi connectivity index (χ3n) is 2.13. The molecule has 1 aromatic rings. The van der Waals surface area contributed by atoms with Crippen LogP contribution in [0.1, 0.15) is 18.5 Å². The number of ether oxygens (including phenoxy) is 1. The van der Waals surface area contributed by atoms with Crippen LogP contribution in [0, 0.1) is 0 Å². The number of aromatic hydroxyl groups is 2. The lowest BCUT2D eigenvalue weighted by atomic mass is 10.1. The van der Waals surface area contributed by atoms with Crippen molar-refractivity contribution in [2.45, 2.75) is 13.0 Å². The van der Waals surface area contributed by atoms with E-state index in [9.17, 15) is 5.11 Å². The lowest BCUT2D eigenvalue weighted by Gasteiger charge is -2.15. The van der Waals surface area contributed by atoms with Gasteiger partial charge in [0.2, 0.25) is 0 Å². The van der Waals surface area contributed by atoms with Crippen molar-refractivity contribution >= 4 is 0 Å². The maximum Gasteiger partial charge on any atom is 0.124 e. The molecule has 5 nitrogen and oxygen atoms in total. The summed E-state index contributed by atoms with van der Waals surface area (Å²) < 4.78 is 4.82. The molecule has 0 spiro atoms. The van der Waals surface area contributed by atoms with Gasteiger partial charge in [-0.2, -0.15) is 5.48 Å². The van der Waals surface area contributed by atoms with E-state index in [1.54, 1.807) is 13.2 Å². The minimum Gasteiger partial charge on any atom is -0.508 e. The second-order valence-electron chi connectivity index (χ2n) is 3.42. The Labute approximate surface area is 94.6 Å². The van der Waals surface area contributed by atoms with Gasteiger partial charge in [0.05, 0.1) is 19.3 Å². The van der Waals surface area contributed by atoms with Crippen molar-refractivity contribution in [2.75, 3.05) is 20.3 Å². The first-order chi connectivity index (χ1) is 7.65. The number of hydroxylamine groups is 1. The molecule has 3 N–H and O–H groups in total. The molecule has 1 unspecified atom stereocenters. The van der Waals surface area contributed by atoms with Crippen molar-refractivity contribution in [3.63, 3.8) is 0 Å². The Balaban J connectivity index is 2.49. The summed E-state index contributed by atoms with van der Waals surface area (Å²) in [6, 6.07) is 4.28. The first kappa shape index (κ1) is 12.8. The average molecular weight is 227 g/mol. The number of phenolic OH excluding ortho intramolecular Hbond substituents is 2. The Kier molecular flexibility index (Phi) is 5.04. The van der Waals surface area contributed by atoms with Crippen LogP contribution in [0.2, 0.25) is 0 Å². The van der Waals surface area contributed by atoms with Crippen LogP contribution < -0.4 is 5.48 Å². The average Bonchev–Trinajstić information content (AvgIpc) is 2.24. The summed E-state index contributed by atoms with van der Waals surface area (Å²) in [7, 11) is 1.60. The van der Waals surface area contributed by atoms with Crippen molar-refractivity contribution in [1.29, 1.82) is 0 Å². The molecule has 1 aromatic carbocycles. The van der Waals surface area contributed by atoms with Crippen LogP contribution >= 0.6 is 0 Å². The van der Waals surface area contributed by atoms with E-state index in [1.807, 2.05) is 6.92 Å². The second kappa shape index (κ2) is 6.32. The Hall–Kier alpha value is -1.30. The Bertz CT molecular complexity index is 330. The molecular formula is C11H17NO4. The smallest absolute Gasteiger partial charge is 0.124 e. The van der Waals surface area contributed by atoms with Gasteiger partial charge in [-0.15, -0.1) is 0 Å². The molecule has 5 heteroatoms. The monoisotopic (exact) mass is 227 g/mol. The molecule has 0 aliphatic carbocycles. The van der Waals surface area contributed by atoms with Gasteiger partial charge in [-0.25, -0.2) is 0 Å². The molecule has 0 saturated carbocycles. The number of rotatable bonds is 6. The van der Waals surface area contributed by atoms with Crippen molar-refractivity contribution in [3.05, 3.63) is 23.8 Å². The highest BCUT2D eigenvalue weighted by Crippen LogP contribution is 2.27. The number of nitrogens with one attached hydrogen (secondary N) is 1. The molecule has 0 aromatic heterocycles. The topological polar surface area (TPSA) is 71.0 Å². The van der Waals surface area contributed by atoms with Gasteiger partial charge in [-0.1, -0.05) is 6.07 Å². The number of methoxy groups -OCH3 is 1. The standard InChI is InChI=1S/C11H17NO4/c1-8(12-16-6-5-15-2)10-4-3-9(13)7-11(10)14/h3-4,7-8,12-14H,5-6H2,1-2H3. The highest BCUT2D eigenvalue weighted by Gasteiger charge is 2.10. The minimum absolute atomic E-state index is 0.0359. The molecule has 1 rings (SSSR count). The van der Waals surface area contributed by atoms with Crippen molar-refractivity contribution in [3.8, 4) is 11.5 Å². The van der Waals surface area contributed by atoms with Gasteiger partial charge >= 0.3 is 0 Å². The fourth-order valence-corrected chi connectivity index (χ4v) is 1.27. The van der Waals surface area contributed by atoms with Gasteiger partial charge in [-0.05, 0) is 13.0 Å². The summed E-state index contributed by atoms with van der Waals surface area (Å²) >= 11 is 0. The van der Waals surface area contributed by atoms with Gasteiger partial charge < -0.3 is 14.9 Å². The third-order valence-corrected chi connectivity index (χ3v) is 2.13. The first-order valence-electron chi connectivity index (χ1n) is 5.03. The van der Waals surface area contributed by atoms with E-state index in [1.165, 1.54) is 12.1 Å². The number of phenols is 2. The highest BCUT2D eigenvalue weighted by molar-refractivity contribution is 5.40. The summed E-state index contributed by atoms with van der Waals surface area (Å²) in [6.07, 6.45) is 0. The number of hydrogen-bond donors (Lipinski definition) is 3. The molecule has 0 heterocycles. The third kappa shape index (κ3) is 3.69. The largest absolute Gasteiger partial charge is 0.508 e. The lowest BCUT2D eigenvalue weighted by molar-refractivity contribution is -0.00957. The van der Waals surface area contributed by atoms with Crippen LogP contribution in [0.5, 0.6) is 11.5 Å². The SMILES string of the molecule is COCCONC(C)c1ccc(O)cc1O. The maximum atomic E-state index is 9.58. The summed E-state index contributed by atoms with van der Waals surface area (Å²) in [5, 5.41) is 18.7. The van der Waals surface area contributed by atoms with E-state index >= 15 is 0 Å². The molecule has 0 bridgehead atoms. The van der Waals surface area contributed by atoms with E-state index in [-0.39, 0.29) is 17.5 Å². The van der Waals surface area contributed by atoms with E-state index in [4.69, 9.17) is 14.7 Å². The Morgan fingerprint density at radius 2 is 2.06 bits per heavy atom. The van der Waals surface area contributed by atoms with Crippen LogP contribution in [0.15, 0.2) is 18.2 Å². The molecule has 0 aliphatic rings. The highest BCUT2D eigenvalue weighted by atomic mass is 16.7. The van der Waals surface area contributed by atoms with Gasteiger partial charge in [0.15, 0.2) is 0 Å². The Morgan fingerprint density at radius 1 is 1.31 bits per heavy atom. The molecule has 0 saturated heterocycles. The zero-order chi connectivity index (χ0) is 12.0. The lowest BCUT2D eigenvalue weighted by Crippen LogP contribution is -2.21. The zero-order valence-electron chi connectivity index (χ0n) is 9.43. The predicted octanol–water partition coefficient (Wildman–Crippen LogP) is 1.33. The second-order valence-corrected chi connectivity index (χ2v) is 3.42. The fraction of sp³-hybridized carbons (Fsp3) is 0.455. The number of hydrogen-bond acceptors (Lipinski definition) is 5. The number of benzene rings is 1. The van der Waals surface area contributed by atoms with E-state index in [2.05, 4.69) is 5.48 Å². The Morgan fingerprint density at radius 3 is 2.69 bits per heavy atom. The molecule has 16 heavy (non-hydrogen) atoms. The molecule has 1 atom stereocenters. The predicted molar refractivity (Wildman–Crippen MR) is 59.2 cm³/mol. The van der Waals surface area contributed by atoms with Gasteiger partial charge in [-0.3, -0.25) is 4.84 Å². The van der Waals surface area contributed by atoms with E-state index in [0.717, 1.165) is 0 Å². The van der Waals surface area contributed by atoms with E-state index < -0.39 is 0 Å². The summed E-state index contributed by atoms with van der Waals surface area (Å²) in [5.41, 5.74) is 3.43. The first-order valence-corrected chi connectivity index (χ1v) is 5.03. The molecule has 0 amide bonds. The normalized spacial score (nSPS) is 12.6. The molecule has 90 valence electrons. The molecular weight excluding hydrogens is 210 g/mol. The van der Waals surface area contributed by atoms with Crippen LogP contribution in [0.25, 0.3) is 0 Å². The molecule has 0 radical (unpaired) electrons. The van der Waals surface area contributed by atoms with Gasteiger partial charge in [0.1, 0.15) is 11.5 Å². The van der Waals surface area contributed by atoms with Crippen LogP contribution in [-0.2, 0) is 9.57 Å². The van der Waals surface area contributed by atoms with Crippen LogP contribution in [0.4, 0.5) is 0 Å². The maximum absolute atomic E-state index is 9.58. The molecule has 0 aliphatic heterocycles. The fourth-order valence-electron chi connectivity index (χ4n) is 1.27. The van der Waals surface area contributed by atoms with Crippen molar-refractivity contribution in [2.24, 2.45) is 0 Å². The van der Waals surface area contributed by atoms with Crippen LogP contribution in [-0.4, -0.2) is 30.5 Å². The summed E-state index contributed by atoms with van der Waals surface area (Å²) in [5.74, 6) is 0.0732. The molecule has 0 fully saturated rings. The zero-order valence-corrected chi connectivity index (χ0v) is 9.43. The van der Waals surface area contributed by atoms with E-state index in [0.29, 0.717) is 18.8 Å². The summed E-state index contributed by atoms with van der Waals surface area (Å²) in [4.78, 5) is 5.13. The minimum atomic E-state index is -0.169. The van der Waals surface area contributed by atoms with Gasteiger partial charge in [0.25, 0.3) is 0 Å². The van der Waals surface area contributed by atoms with Crippen LogP contribution in [0.3, 0.4) is 0 Å². The van der Waals surface area contributed by atoms with Crippen molar-refractivity contribution in [1.82, 2.24) is 5.48 Å². The van der Waals surface area contributed by atoms with Crippen molar-refractivity contribution < 1.29 is 19.8 Å². The quantitative estimate of drug-likeness (QED) is 0.505.